The predicted molar refractivity (Wildman–Crippen MR) is 114 cm³/mol. The Morgan fingerprint density at radius 1 is 1.27 bits per heavy atom. The fraction of sp³-hybridized carbons (Fsp3) is 0.316. The van der Waals surface area contributed by atoms with E-state index in [1.807, 2.05) is 0 Å². The number of hydrogen-bond acceptors (Lipinski definition) is 5. The molecule has 160 valence electrons. The van der Waals surface area contributed by atoms with E-state index in [4.69, 9.17) is 23.2 Å². The number of carbonyl (C=O) groups is 1. The molecular weight excluding hydrogens is 453 g/mol. The molecule has 2 aromatic rings. The fourth-order valence-electron chi connectivity index (χ4n) is 3.38. The molecule has 3 rings (SSSR count). The zero-order valence-electron chi connectivity index (χ0n) is 16.0. The maximum Gasteiger partial charge on any atom is 0.274 e. The monoisotopic (exact) mass is 471 g/mol. The third-order valence-electron chi connectivity index (χ3n) is 5.03. The molecule has 1 saturated heterocycles. The quantitative estimate of drug-likeness (QED) is 0.517. The number of sulfonamides is 1. The Morgan fingerprint density at radius 2 is 2.00 bits per heavy atom. The molecule has 1 fully saturated rings. The average Bonchev–Trinajstić information content (AvgIpc) is 2.71. The van der Waals surface area contributed by atoms with Crippen LogP contribution in [0.3, 0.4) is 0 Å². The van der Waals surface area contributed by atoms with Gasteiger partial charge >= 0.3 is 0 Å². The van der Waals surface area contributed by atoms with E-state index in [9.17, 15) is 23.3 Å². The average molecular weight is 472 g/mol. The van der Waals surface area contributed by atoms with Crippen LogP contribution in [0.2, 0.25) is 10.0 Å². The first-order valence-electron chi connectivity index (χ1n) is 9.11. The van der Waals surface area contributed by atoms with Crippen molar-refractivity contribution in [3.05, 3.63) is 62.1 Å². The normalized spacial score (nSPS) is 17.5. The SMILES string of the molecule is Cc1c(NC(=O)[C@H]2CCCN(S(=O)(=O)c3cc(Cl)ccc3Cl)C2)cccc1[N+](=O)[O-]. The number of nitrogens with one attached hydrogen (secondary N) is 1. The van der Waals surface area contributed by atoms with Gasteiger partial charge < -0.3 is 5.32 Å². The molecule has 0 aromatic heterocycles. The van der Waals surface area contributed by atoms with Gasteiger partial charge in [0.1, 0.15) is 4.90 Å². The summed E-state index contributed by atoms with van der Waals surface area (Å²) < 4.78 is 27.3. The van der Waals surface area contributed by atoms with Crippen molar-refractivity contribution in [3.63, 3.8) is 0 Å². The lowest BCUT2D eigenvalue weighted by Gasteiger charge is -2.31. The van der Waals surface area contributed by atoms with Gasteiger partial charge in [0.05, 0.1) is 27.1 Å². The molecule has 1 heterocycles. The van der Waals surface area contributed by atoms with Gasteiger partial charge in [0.25, 0.3) is 5.69 Å². The number of nitro benzene ring substituents is 1. The number of nitrogens with zero attached hydrogens (tertiary/aromatic N) is 2. The summed E-state index contributed by atoms with van der Waals surface area (Å²) in [6.45, 7) is 1.78. The topological polar surface area (TPSA) is 110 Å². The zero-order valence-corrected chi connectivity index (χ0v) is 18.3. The Morgan fingerprint density at radius 3 is 2.70 bits per heavy atom. The van der Waals surface area contributed by atoms with Gasteiger partial charge in [-0.15, -0.1) is 0 Å². The minimum absolute atomic E-state index is 0.0228. The molecule has 1 atom stereocenters. The molecule has 0 radical (unpaired) electrons. The van der Waals surface area contributed by atoms with Gasteiger partial charge in [0, 0.05) is 24.2 Å². The van der Waals surface area contributed by atoms with E-state index >= 15 is 0 Å². The number of rotatable bonds is 5. The van der Waals surface area contributed by atoms with E-state index in [0.29, 0.717) is 24.1 Å². The highest BCUT2D eigenvalue weighted by Gasteiger charge is 2.34. The van der Waals surface area contributed by atoms with Gasteiger partial charge in [0.15, 0.2) is 0 Å². The van der Waals surface area contributed by atoms with Crippen LogP contribution in [-0.4, -0.2) is 36.6 Å². The summed E-state index contributed by atoms with van der Waals surface area (Å²) in [5.74, 6) is -0.999. The summed E-state index contributed by atoms with van der Waals surface area (Å²) in [7, 11) is -3.93. The summed E-state index contributed by atoms with van der Waals surface area (Å²) in [6.07, 6.45) is 0.985. The summed E-state index contributed by atoms with van der Waals surface area (Å²) in [5.41, 5.74) is 0.560. The highest BCUT2D eigenvalue weighted by atomic mass is 35.5. The molecule has 11 heteroatoms. The Balaban J connectivity index is 1.79. The molecule has 1 aliphatic rings. The molecule has 0 saturated carbocycles. The first-order chi connectivity index (χ1) is 14.1. The minimum Gasteiger partial charge on any atom is -0.325 e. The maximum atomic E-state index is 13.0. The number of halogens is 2. The summed E-state index contributed by atoms with van der Waals surface area (Å²) >= 11 is 12.0. The van der Waals surface area contributed by atoms with E-state index in [-0.39, 0.29) is 33.7 Å². The second-order valence-corrected chi connectivity index (χ2v) is 9.72. The Labute approximate surface area is 184 Å². The fourth-order valence-corrected chi connectivity index (χ4v) is 5.64. The standard InChI is InChI=1S/C19H19Cl2N3O5S/c1-12-16(5-2-6-17(12)24(26)27)22-19(25)13-4-3-9-23(11-13)30(28,29)18-10-14(20)7-8-15(18)21/h2,5-8,10,13H,3-4,9,11H2,1H3,(H,22,25)/t13-/m0/s1. The Hall–Kier alpha value is -2.20. The molecule has 30 heavy (non-hydrogen) atoms. The van der Waals surface area contributed by atoms with Crippen LogP contribution in [0.15, 0.2) is 41.3 Å². The van der Waals surface area contributed by atoms with Crippen LogP contribution in [0.4, 0.5) is 11.4 Å². The molecule has 0 unspecified atom stereocenters. The molecule has 0 aliphatic carbocycles. The van der Waals surface area contributed by atoms with Crippen LogP contribution in [0, 0.1) is 23.0 Å². The molecule has 8 nitrogen and oxygen atoms in total. The van der Waals surface area contributed by atoms with Gasteiger partial charge in [-0.3, -0.25) is 14.9 Å². The number of piperidine rings is 1. The Kier molecular flexibility index (Phi) is 6.66. The predicted octanol–water partition coefficient (Wildman–Crippen LogP) is 4.25. The second kappa shape index (κ2) is 8.89. The lowest BCUT2D eigenvalue weighted by molar-refractivity contribution is -0.385. The molecular formula is C19H19Cl2N3O5S. The van der Waals surface area contributed by atoms with Crippen molar-refractivity contribution in [1.29, 1.82) is 0 Å². The number of amides is 1. The Bertz CT molecular complexity index is 1110. The van der Waals surface area contributed by atoms with Gasteiger partial charge in [-0.05, 0) is 44.0 Å². The van der Waals surface area contributed by atoms with E-state index in [0.717, 1.165) is 0 Å². The van der Waals surface area contributed by atoms with Crippen LogP contribution >= 0.6 is 23.2 Å². The van der Waals surface area contributed by atoms with Crippen molar-refractivity contribution in [3.8, 4) is 0 Å². The number of benzene rings is 2. The third-order valence-corrected chi connectivity index (χ3v) is 7.61. The minimum atomic E-state index is -3.93. The van der Waals surface area contributed by atoms with Crippen molar-refractivity contribution < 1.29 is 18.1 Å². The first-order valence-corrected chi connectivity index (χ1v) is 11.3. The van der Waals surface area contributed by atoms with E-state index in [1.165, 1.54) is 34.6 Å². The number of carbonyl (C=O) groups excluding carboxylic acids is 1. The van der Waals surface area contributed by atoms with E-state index < -0.39 is 26.8 Å². The first kappa shape index (κ1) is 22.5. The molecule has 0 bridgehead atoms. The number of nitro groups is 1. The molecule has 0 spiro atoms. The van der Waals surface area contributed by atoms with Gasteiger partial charge in [-0.25, -0.2) is 8.42 Å². The molecule has 2 aromatic carbocycles. The smallest absolute Gasteiger partial charge is 0.274 e. The van der Waals surface area contributed by atoms with Crippen molar-refractivity contribution in [2.75, 3.05) is 18.4 Å². The van der Waals surface area contributed by atoms with E-state index in [1.54, 1.807) is 13.0 Å². The summed E-state index contributed by atoms with van der Waals surface area (Å²) in [4.78, 5) is 23.3. The van der Waals surface area contributed by atoms with Gasteiger partial charge in [0.2, 0.25) is 15.9 Å². The molecule has 1 amide bonds. The van der Waals surface area contributed by atoms with Crippen LogP contribution < -0.4 is 5.32 Å². The lowest BCUT2D eigenvalue weighted by atomic mass is 9.98. The summed E-state index contributed by atoms with van der Waals surface area (Å²) in [6, 6.07) is 8.61. The maximum absolute atomic E-state index is 13.0. The summed E-state index contributed by atoms with van der Waals surface area (Å²) in [5, 5.41) is 14.1. The highest BCUT2D eigenvalue weighted by Crippen LogP contribution is 2.31. The molecule has 1 N–H and O–H groups in total. The zero-order chi connectivity index (χ0) is 22.1. The van der Waals surface area contributed by atoms with Gasteiger partial charge in [-0.1, -0.05) is 29.3 Å². The third kappa shape index (κ3) is 4.59. The second-order valence-electron chi connectivity index (χ2n) is 6.97. The van der Waals surface area contributed by atoms with Crippen molar-refractivity contribution in [1.82, 2.24) is 4.31 Å². The van der Waals surface area contributed by atoms with Crippen LogP contribution in [0.25, 0.3) is 0 Å². The van der Waals surface area contributed by atoms with Crippen molar-refractivity contribution >= 4 is 50.5 Å². The van der Waals surface area contributed by atoms with E-state index in [2.05, 4.69) is 5.32 Å². The van der Waals surface area contributed by atoms with Crippen LogP contribution in [-0.2, 0) is 14.8 Å². The number of hydrogen-bond donors (Lipinski definition) is 1. The highest BCUT2D eigenvalue weighted by molar-refractivity contribution is 7.89. The van der Waals surface area contributed by atoms with Gasteiger partial charge in [-0.2, -0.15) is 4.31 Å². The largest absolute Gasteiger partial charge is 0.325 e. The van der Waals surface area contributed by atoms with Crippen LogP contribution in [0.1, 0.15) is 18.4 Å². The lowest BCUT2D eigenvalue weighted by Crippen LogP contribution is -2.43. The van der Waals surface area contributed by atoms with Crippen molar-refractivity contribution in [2.24, 2.45) is 5.92 Å². The van der Waals surface area contributed by atoms with Crippen molar-refractivity contribution in [2.45, 2.75) is 24.7 Å². The molecule has 1 aliphatic heterocycles. The number of anilines is 1. The van der Waals surface area contributed by atoms with Crippen LogP contribution in [0.5, 0.6) is 0 Å².